The van der Waals surface area contributed by atoms with Gasteiger partial charge in [-0.2, -0.15) is 0 Å². The minimum absolute atomic E-state index is 0.201. The Morgan fingerprint density at radius 2 is 2.05 bits per heavy atom. The molecule has 1 rings (SSSR count). The molecular weight excluding hydrogens is 265 g/mol. The van der Waals surface area contributed by atoms with E-state index in [0.29, 0.717) is 5.92 Å². The average Bonchev–Trinajstić information content (AvgIpc) is 2.46. The second-order valence-corrected chi connectivity index (χ2v) is 5.98. The Hall–Kier alpha value is -1.00. The van der Waals surface area contributed by atoms with Gasteiger partial charge in [-0.1, -0.05) is 27.7 Å². The standard InChI is InChI=1S/C17H30FN3/c1-5-10-19-17(16-8-7-15(18)12-20-16)9-11-21(6-2)13-14(3)4/h7-8,12,14,17,19H,5-6,9-11,13H2,1-4H3. The van der Waals surface area contributed by atoms with E-state index in [-0.39, 0.29) is 11.9 Å². The Bertz CT molecular complexity index is 378. The quantitative estimate of drug-likeness (QED) is 0.714. The molecule has 0 fully saturated rings. The van der Waals surface area contributed by atoms with Crippen molar-refractivity contribution in [3.63, 3.8) is 0 Å². The molecule has 0 radical (unpaired) electrons. The van der Waals surface area contributed by atoms with Crippen LogP contribution in [-0.2, 0) is 0 Å². The number of hydrogen-bond donors (Lipinski definition) is 1. The molecule has 3 nitrogen and oxygen atoms in total. The van der Waals surface area contributed by atoms with Crippen LogP contribution in [-0.4, -0.2) is 36.1 Å². The molecule has 0 aliphatic rings. The Morgan fingerprint density at radius 3 is 2.57 bits per heavy atom. The first-order valence-corrected chi connectivity index (χ1v) is 8.14. The molecule has 0 spiro atoms. The number of hydrogen-bond acceptors (Lipinski definition) is 3. The highest BCUT2D eigenvalue weighted by Gasteiger charge is 2.14. The van der Waals surface area contributed by atoms with Gasteiger partial charge in [0.2, 0.25) is 0 Å². The summed E-state index contributed by atoms with van der Waals surface area (Å²) in [7, 11) is 0. The van der Waals surface area contributed by atoms with Gasteiger partial charge < -0.3 is 10.2 Å². The summed E-state index contributed by atoms with van der Waals surface area (Å²) in [5.74, 6) is 0.402. The molecule has 1 unspecified atom stereocenters. The number of rotatable bonds is 10. The largest absolute Gasteiger partial charge is 0.309 e. The third-order valence-electron chi connectivity index (χ3n) is 3.55. The van der Waals surface area contributed by atoms with E-state index in [1.54, 1.807) is 6.07 Å². The van der Waals surface area contributed by atoms with Gasteiger partial charge in [-0.15, -0.1) is 0 Å². The summed E-state index contributed by atoms with van der Waals surface area (Å²) in [5, 5.41) is 3.53. The van der Waals surface area contributed by atoms with E-state index in [0.717, 1.165) is 44.7 Å². The van der Waals surface area contributed by atoms with Gasteiger partial charge in [0.05, 0.1) is 17.9 Å². The van der Waals surface area contributed by atoms with Gasteiger partial charge >= 0.3 is 0 Å². The molecule has 1 aromatic heterocycles. The summed E-state index contributed by atoms with van der Waals surface area (Å²) in [5.41, 5.74) is 0.936. The number of halogens is 1. The topological polar surface area (TPSA) is 28.2 Å². The van der Waals surface area contributed by atoms with Crippen LogP contribution < -0.4 is 5.32 Å². The first-order valence-electron chi connectivity index (χ1n) is 8.14. The predicted molar refractivity (Wildman–Crippen MR) is 86.8 cm³/mol. The first kappa shape index (κ1) is 18.1. The van der Waals surface area contributed by atoms with E-state index in [4.69, 9.17) is 0 Å². The minimum Gasteiger partial charge on any atom is -0.309 e. The van der Waals surface area contributed by atoms with Crippen LogP contribution in [0.4, 0.5) is 4.39 Å². The molecule has 120 valence electrons. The van der Waals surface area contributed by atoms with Crippen LogP contribution >= 0.6 is 0 Å². The van der Waals surface area contributed by atoms with Crippen LogP contribution in [0.25, 0.3) is 0 Å². The van der Waals surface area contributed by atoms with Gasteiger partial charge in [0, 0.05) is 6.54 Å². The van der Waals surface area contributed by atoms with Crippen LogP contribution in [0.3, 0.4) is 0 Å². The molecule has 0 aliphatic carbocycles. The second-order valence-electron chi connectivity index (χ2n) is 5.98. The van der Waals surface area contributed by atoms with Crippen molar-refractivity contribution in [2.24, 2.45) is 5.92 Å². The third kappa shape index (κ3) is 7.00. The van der Waals surface area contributed by atoms with Gasteiger partial charge in [0.1, 0.15) is 5.82 Å². The lowest BCUT2D eigenvalue weighted by Crippen LogP contribution is -2.32. The fourth-order valence-corrected chi connectivity index (χ4v) is 2.47. The third-order valence-corrected chi connectivity index (χ3v) is 3.55. The molecule has 0 amide bonds. The lowest BCUT2D eigenvalue weighted by Gasteiger charge is -2.25. The predicted octanol–water partition coefficient (Wildman–Crippen LogP) is 3.63. The van der Waals surface area contributed by atoms with Crippen LogP contribution in [0.5, 0.6) is 0 Å². The maximum atomic E-state index is 13.0. The highest BCUT2D eigenvalue weighted by atomic mass is 19.1. The Kier molecular flexibility index (Phi) is 8.47. The summed E-state index contributed by atoms with van der Waals surface area (Å²) in [6, 6.07) is 3.49. The van der Waals surface area contributed by atoms with Crippen molar-refractivity contribution in [1.29, 1.82) is 0 Å². The van der Waals surface area contributed by atoms with Crippen molar-refractivity contribution in [3.05, 3.63) is 29.8 Å². The molecule has 0 aliphatic heterocycles. The monoisotopic (exact) mass is 295 g/mol. The first-order chi connectivity index (χ1) is 10.1. The van der Waals surface area contributed by atoms with Crippen molar-refractivity contribution in [2.75, 3.05) is 26.2 Å². The molecule has 1 aromatic rings. The molecule has 0 aromatic carbocycles. The summed E-state index contributed by atoms with van der Waals surface area (Å²) in [6.45, 7) is 13.0. The van der Waals surface area contributed by atoms with E-state index < -0.39 is 0 Å². The summed E-state index contributed by atoms with van der Waals surface area (Å²) in [6.07, 6.45) is 3.39. The van der Waals surface area contributed by atoms with Gasteiger partial charge in [-0.3, -0.25) is 4.98 Å². The van der Waals surface area contributed by atoms with Gasteiger partial charge in [0.25, 0.3) is 0 Å². The van der Waals surface area contributed by atoms with Gasteiger partial charge in [-0.05, 0) is 50.5 Å². The van der Waals surface area contributed by atoms with Crippen LogP contribution in [0.2, 0.25) is 0 Å². The SMILES string of the molecule is CCCNC(CCN(CC)CC(C)C)c1ccc(F)cn1. The highest BCUT2D eigenvalue weighted by molar-refractivity contribution is 5.10. The summed E-state index contributed by atoms with van der Waals surface area (Å²) < 4.78 is 13.0. The molecule has 0 saturated carbocycles. The fourth-order valence-electron chi connectivity index (χ4n) is 2.47. The zero-order chi connectivity index (χ0) is 15.7. The fraction of sp³-hybridized carbons (Fsp3) is 0.706. The van der Waals surface area contributed by atoms with E-state index in [1.165, 1.54) is 12.3 Å². The summed E-state index contributed by atoms with van der Waals surface area (Å²) >= 11 is 0. The number of nitrogens with zero attached hydrogens (tertiary/aromatic N) is 2. The Balaban J connectivity index is 2.62. The van der Waals surface area contributed by atoms with Crippen LogP contribution in [0.1, 0.15) is 52.3 Å². The number of nitrogens with one attached hydrogen (secondary N) is 1. The molecule has 1 heterocycles. The lowest BCUT2D eigenvalue weighted by atomic mass is 10.1. The van der Waals surface area contributed by atoms with Crippen molar-refractivity contribution in [1.82, 2.24) is 15.2 Å². The van der Waals surface area contributed by atoms with E-state index in [2.05, 4.69) is 42.9 Å². The highest BCUT2D eigenvalue weighted by Crippen LogP contribution is 2.16. The Morgan fingerprint density at radius 1 is 1.29 bits per heavy atom. The number of pyridine rings is 1. The molecule has 4 heteroatoms. The van der Waals surface area contributed by atoms with Crippen molar-refractivity contribution >= 4 is 0 Å². The Labute approximate surface area is 129 Å². The average molecular weight is 295 g/mol. The minimum atomic E-state index is -0.275. The maximum absolute atomic E-state index is 13.0. The van der Waals surface area contributed by atoms with E-state index in [1.807, 2.05) is 0 Å². The second kappa shape index (κ2) is 9.85. The molecule has 1 atom stereocenters. The van der Waals surface area contributed by atoms with Crippen molar-refractivity contribution < 1.29 is 4.39 Å². The van der Waals surface area contributed by atoms with Gasteiger partial charge in [-0.25, -0.2) is 4.39 Å². The zero-order valence-electron chi connectivity index (χ0n) is 13.9. The van der Waals surface area contributed by atoms with Crippen molar-refractivity contribution in [3.8, 4) is 0 Å². The molecule has 1 N–H and O–H groups in total. The van der Waals surface area contributed by atoms with E-state index in [9.17, 15) is 4.39 Å². The van der Waals surface area contributed by atoms with Crippen LogP contribution in [0.15, 0.2) is 18.3 Å². The van der Waals surface area contributed by atoms with Crippen LogP contribution in [0, 0.1) is 11.7 Å². The van der Waals surface area contributed by atoms with Gasteiger partial charge in [0.15, 0.2) is 0 Å². The molecule has 0 bridgehead atoms. The van der Waals surface area contributed by atoms with E-state index >= 15 is 0 Å². The van der Waals surface area contributed by atoms with Crippen molar-refractivity contribution in [2.45, 2.75) is 46.6 Å². The maximum Gasteiger partial charge on any atom is 0.141 e. The number of aromatic nitrogens is 1. The molecule has 0 saturated heterocycles. The normalized spacial score (nSPS) is 13.1. The lowest BCUT2D eigenvalue weighted by molar-refractivity contribution is 0.241. The smallest absolute Gasteiger partial charge is 0.141 e. The summed E-state index contributed by atoms with van der Waals surface area (Å²) in [4.78, 5) is 6.71. The molecule has 21 heavy (non-hydrogen) atoms. The molecular formula is C17H30FN3. The zero-order valence-corrected chi connectivity index (χ0v) is 13.9.